The van der Waals surface area contributed by atoms with Crippen LogP contribution in [0.2, 0.25) is 0 Å². The van der Waals surface area contributed by atoms with Crippen LogP contribution in [-0.4, -0.2) is 46.8 Å². The minimum absolute atomic E-state index is 0.0181. The molecule has 128 valence electrons. The Morgan fingerprint density at radius 1 is 1.12 bits per heavy atom. The first-order chi connectivity index (χ1) is 11.3. The average molecular weight is 338 g/mol. The smallest absolute Gasteiger partial charge is 0.335 e. The summed E-state index contributed by atoms with van der Waals surface area (Å²) in [4.78, 5) is 27.6. The van der Waals surface area contributed by atoms with E-state index in [1.807, 2.05) is 0 Å². The zero-order valence-corrected chi connectivity index (χ0v) is 12.9. The van der Waals surface area contributed by atoms with E-state index in [0.717, 1.165) is 18.6 Å². The summed E-state index contributed by atoms with van der Waals surface area (Å²) in [6.45, 7) is 4.38. The maximum absolute atomic E-state index is 12.5. The lowest BCUT2D eigenvalue weighted by molar-refractivity contribution is -0.137. The minimum Gasteiger partial charge on any atom is -0.335 e. The Balaban J connectivity index is 1.61. The molecule has 1 aliphatic carbocycles. The lowest BCUT2D eigenvalue weighted by atomic mass is 10.1. The second kappa shape index (κ2) is 5.96. The van der Waals surface area contributed by atoms with Crippen LogP contribution in [-0.2, 0) is 22.2 Å². The molecule has 1 heterocycles. The zero-order valence-electron chi connectivity index (χ0n) is 12.9. The largest absolute Gasteiger partial charge is 0.416 e. The highest BCUT2D eigenvalue weighted by Gasteiger charge is 2.51. The van der Waals surface area contributed by atoms with Gasteiger partial charge in [0.05, 0.1) is 24.1 Å². The van der Waals surface area contributed by atoms with Gasteiger partial charge in [0, 0.05) is 13.1 Å². The molecule has 2 atom stereocenters. The summed E-state index contributed by atoms with van der Waals surface area (Å²) >= 11 is 0. The van der Waals surface area contributed by atoms with Gasteiger partial charge < -0.3 is 9.80 Å². The molecule has 0 spiro atoms. The van der Waals surface area contributed by atoms with Gasteiger partial charge in [-0.3, -0.25) is 9.59 Å². The van der Waals surface area contributed by atoms with Gasteiger partial charge in [0.2, 0.25) is 11.8 Å². The van der Waals surface area contributed by atoms with Crippen LogP contribution in [0.25, 0.3) is 0 Å². The predicted molar refractivity (Wildman–Crippen MR) is 81.0 cm³/mol. The average Bonchev–Trinajstić information content (AvgIpc) is 3.33. The molecule has 1 aliphatic heterocycles. The molecule has 7 heteroatoms. The van der Waals surface area contributed by atoms with E-state index >= 15 is 0 Å². The van der Waals surface area contributed by atoms with E-state index in [9.17, 15) is 22.8 Å². The summed E-state index contributed by atoms with van der Waals surface area (Å²) in [7, 11) is 0. The Labute approximate surface area is 137 Å². The molecule has 2 fully saturated rings. The molecule has 0 bridgehead atoms. The molecular weight excluding hydrogens is 321 g/mol. The van der Waals surface area contributed by atoms with Crippen LogP contribution in [0.1, 0.15) is 17.5 Å². The molecule has 1 aromatic carbocycles. The number of alkyl halides is 3. The Kier molecular flexibility index (Phi) is 4.11. The fraction of sp³-hybridized carbons (Fsp3) is 0.412. The van der Waals surface area contributed by atoms with E-state index in [1.54, 1.807) is 9.80 Å². The van der Waals surface area contributed by atoms with Crippen molar-refractivity contribution in [3.05, 3.63) is 48.0 Å². The Bertz CT molecular complexity index is 669. The number of nitrogens with zero attached hydrogens (tertiary/aromatic N) is 2. The van der Waals surface area contributed by atoms with Crippen LogP contribution in [0.15, 0.2) is 36.9 Å². The van der Waals surface area contributed by atoms with E-state index < -0.39 is 11.7 Å². The lowest BCUT2D eigenvalue weighted by Crippen LogP contribution is -2.50. The first-order valence-electron chi connectivity index (χ1n) is 7.70. The number of halogens is 3. The second-order valence-electron chi connectivity index (χ2n) is 6.06. The van der Waals surface area contributed by atoms with Gasteiger partial charge in [0.15, 0.2) is 0 Å². The topological polar surface area (TPSA) is 40.6 Å². The minimum atomic E-state index is -4.38. The third-order valence-electron chi connectivity index (χ3n) is 4.52. The number of carbonyl (C=O) groups excluding carboxylic acids is 2. The van der Waals surface area contributed by atoms with Gasteiger partial charge in [0.1, 0.15) is 0 Å². The van der Waals surface area contributed by atoms with Crippen molar-refractivity contribution in [2.75, 3.05) is 13.1 Å². The van der Waals surface area contributed by atoms with Gasteiger partial charge in [-0.1, -0.05) is 18.7 Å². The molecular formula is C17H17F3N2O2. The van der Waals surface area contributed by atoms with Crippen molar-refractivity contribution in [2.45, 2.75) is 31.1 Å². The van der Waals surface area contributed by atoms with Crippen molar-refractivity contribution < 1.29 is 22.8 Å². The molecule has 2 amide bonds. The number of carbonyl (C=O) groups is 2. The fourth-order valence-electron chi connectivity index (χ4n) is 3.17. The van der Waals surface area contributed by atoms with Gasteiger partial charge in [-0.15, -0.1) is 0 Å². The Hall–Kier alpha value is -2.31. The summed E-state index contributed by atoms with van der Waals surface area (Å²) in [6.07, 6.45) is -2.29. The standard InChI is InChI=1S/C17H17F3N2O2/c1-2-15(23)21-7-8-22(14-10-13(14)21)16(24)9-11-3-5-12(6-4-11)17(18,19)20/h2-6,13-14H,1,7-10H2. The number of hydrogen-bond donors (Lipinski definition) is 0. The number of fused-ring (bicyclic) bond motifs is 1. The highest BCUT2D eigenvalue weighted by molar-refractivity contribution is 5.88. The third kappa shape index (κ3) is 3.16. The third-order valence-corrected chi connectivity index (χ3v) is 4.52. The van der Waals surface area contributed by atoms with Crippen LogP contribution < -0.4 is 0 Å². The maximum atomic E-state index is 12.5. The molecule has 2 aliphatic rings. The molecule has 2 unspecified atom stereocenters. The van der Waals surface area contributed by atoms with Crippen LogP contribution >= 0.6 is 0 Å². The van der Waals surface area contributed by atoms with Gasteiger partial charge in [-0.25, -0.2) is 0 Å². The molecule has 1 saturated carbocycles. The zero-order chi connectivity index (χ0) is 17.5. The van der Waals surface area contributed by atoms with Gasteiger partial charge in [0.25, 0.3) is 0 Å². The molecule has 3 rings (SSSR count). The van der Waals surface area contributed by atoms with Crippen molar-refractivity contribution >= 4 is 11.8 Å². The quantitative estimate of drug-likeness (QED) is 0.793. The van der Waals surface area contributed by atoms with E-state index in [2.05, 4.69) is 6.58 Å². The van der Waals surface area contributed by atoms with Crippen molar-refractivity contribution in [1.82, 2.24) is 9.80 Å². The van der Waals surface area contributed by atoms with Crippen LogP contribution in [0.4, 0.5) is 13.2 Å². The molecule has 24 heavy (non-hydrogen) atoms. The molecule has 1 aromatic rings. The van der Waals surface area contributed by atoms with Crippen molar-refractivity contribution in [3.8, 4) is 0 Å². The maximum Gasteiger partial charge on any atom is 0.416 e. The monoisotopic (exact) mass is 338 g/mol. The predicted octanol–water partition coefficient (Wildman–Crippen LogP) is 2.25. The first kappa shape index (κ1) is 16.5. The molecule has 4 nitrogen and oxygen atoms in total. The molecule has 0 N–H and O–H groups in total. The lowest BCUT2D eigenvalue weighted by Gasteiger charge is -2.33. The molecule has 0 radical (unpaired) electrons. The normalized spacial score (nSPS) is 22.8. The number of piperazine rings is 1. The van der Waals surface area contributed by atoms with Crippen LogP contribution in [0.5, 0.6) is 0 Å². The summed E-state index contributed by atoms with van der Waals surface area (Å²) < 4.78 is 37.6. The second-order valence-corrected chi connectivity index (χ2v) is 6.06. The SMILES string of the molecule is C=CC(=O)N1CCN(C(=O)Cc2ccc(C(F)(F)F)cc2)C2CC21. The van der Waals surface area contributed by atoms with E-state index in [0.29, 0.717) is 18.7 Å². The molecule has 0 aromatic heterocycles. The fourth-order valence-corrected chi connectivity index (χ4v) is 3.17. The summed E-state index contributed by atoms with van der Waals surface area (Å²) in [5.41, 5.74) is -0.174. The van der Waals surface area contributed by atoms with Crippen molar-refractivity contribution in [2.24, 2.45) is 0 Å². The number of amides is 2. The first-order valence-corrected chi connectivity index (χ1v) is 7.70. The highest BCUT2D eigenvalue weighted by Crippen LogP contribution is 2.37. The van der Waals surface area contributed by atoms with Gasteiger partial charge >= 0.3 is 6.18 Å². The van der Waals surface area contributed by atoms with E-state index in [4.69, 9.17) is 0 Å². The van der Waals surface area contributed by atoms with Crippen molar-refractivity contribution in [3.63, 3.8) is 0 Å². The number of benzene rings is 1. The van der Waals surface area contributed by atoms with Crippen LogP contribution in [0.3, 0.4) is 0 Å². The van der Waals surface area contributed by atoms with Gasteiger partial charge in [-0.05, 0) is 30.2 Å². The molecule has 1 saturated heterocycles. The van der Waals surface area contributed by atoms with Crippen LogP contribution in [0, 0.1) is 0 Å². The summed E-state index contributed by atoms with van der Waals surface area (Å²) in [5, 5.41) is 0. The highest BCUT2D eigenvalue weighted by atomic mass is 19.4. The summed E-state index contributed by atoms with van der Waals surface area (Å²) in [5.74, 6) is -0.245. The Morgan fingerprint density at radius 3 is 2.29 bits per heavy atom. The van der Waals surface area contributed by atoms with Crippen molar-refractivity contribution in [1.29, 1.82) is 0 Å². The Morgan fingerprint density at radius 2 is 1.71 bits per heavy atom. The number of hydrogen-bond acceptors (Lipinski definition) is 2. The van der Waals surface area contributed by atoms with E-state index in [1.165, 1.54) is 18.2 Å². The van der Waals surface area contributed by atoms with E-state index in [-0.39, 0.29) is 30.3 Å². The van der Waals surface area contributed by atoms with Gasteiger partial charge in [-0.2, -0.15) is 13.2 Å². The summed E-state index contributed by atoms with van der Waals surface area (Å²) in [6, 6.07) is 4.71. The number of rotatable bonds is 3.